The fourth-order valence-corrected chi connectivity index (χ4v) is 3.09. The lowest BCUT2D eigenvalue weighted by molar-refractivity contribution is 0.102. The second-order valence-corrected chi connectivity index (χ2v) is 8.22. The van der Waals surface area contributed by atoms with E-state index in [1.54, 1.807) is 37.2 Å². The third-order valence-electron chi connectivity index (χ3n) is 4.87. The molecule has 0 saturated heterocycles. The van der Waals surface area contributed by atoms with Crippen molar-refractivity contribution in [3.05, 3.63) is 65.9 Å². The van der Waals surface area contributed by atoms with Gasteiger partial charge in [-0.25, -0.2) is 14.6 Å². The fourth-order valence-electron chi connectivity index (χ4n) is 3.09. The number of carbonyl (C=O) groups excluding carboxylic acids is 1. The molecule has 4 aromatic rings. The van der Waals surface area contributed by atoms with Crippen molar-refractivity contribution in [1.82, 2.24) is 34.7 Å². The van der Waals surface area contributed by atoms with Gasteiger partial charge in [0.1, 0.15) is 11.6 Å². The quantitative estimate of drug-likeness (QED) is 0.515. The number of nitrogens with zero attached hydrogens (tertiary/aromatic N) is 7. The first-order chi connectivity index (χ1) is 15.3. The molecule has 3 aromatic heterocycles. The molecule has 32 heavy (non-hydrogen) atoms. The molecule has 0 aliphatic carbocycles. The lowest BCUT2D eigenvalue weighted by Crippen LogP contribution is -2.17. The second kappa shape index (κ2) is 8.22. The van der Waals surface area contributed by atoms with Crippen LogP contribution in [-0.2, 0) is 5.41 Å². The minimum absolute atomic E-state index is 0.201. The molecule has 0 saturated carbocycles. The first-order valence-corrected chi connectivity index (χ1v) is 10.0. The summed E-state index contributed by atoms with van der Waals surface area (Å²) >= 11 is 0. The van der Waals surface area contributed by atoms with Crippen LogP contribution in [0.1, 0.15) is 42.6 Å². The highest BCUT2D eigenvalue weighted by Gasteiger charge is 2.24. The van der Waals surface area contributed by atoms with Gasteiger partial charge in [0.2, 0.25) is 0 Å². The van der Waals surface area contributed by atoms with Gasteiger partial charge in [0.25, 0.3) is 11.9 Å². The number of amides is 1. The van der Waals surface area contributed by atoms with Crippen molar-refractivity contribution in [2.45, 2.75) is 33.1 Å². The summed E-state index contributed by atoms with van der Waals surface area (Å²) in [6.45, 7) is 7.91. The molecule has 3 heterocycles. The SMILES string of the molecule is COc1cccc(-n2nnc(C(=O)Nc3cc(C(C)(C)C)nn3-c3ncccn3)c2C)c1. The van der Waals surface area contributed by atoms with Crippen molar-refractivity contribution in [1.29, 1.82) is 0 Å². The Morgan fingerprint density at radius 2 is 1.81 bits per heavy atom. The van der Waals surface area contributed by atoms with E-state index in [1.807, 2.05) is 51.1 Å². The molecule has 4 rings (SSSR count). The smallest absolute Gasteiger partial charge is 0.279 e. The molecule has 0 fully saturated rings. The molecule has 10 nitrogen and oxygen atoms in total. The fraction of sp³-hybridized carbons (Fsp3) is 0.273. The summed E-state index contributed by atoms with van der Waals surface area (Å²) in [5, 5.41) is 15.8. The van der Waals surface area contributed by atoms with Crippen molar-refractivity contribution in [3.63, 3.8) is 0 Å². The standard InChI is InChI=1S/C22H24N8O2/c1-14-19(26-28-29(14)15-8-6-9-16(12-15)32-5)20(31)25-18-13-17(22(2,3)4)27-30(18)21-23-10-7-11-24-21/h6-13H,1-5H3,(H,25,31). The van der Waals surface area contributed by atoms with Crippen LogP contribution in [0.15, 0.2) is 48.8 Å². The average molecular weight is 432 g/mol. The molecule has 1 amide bonds. The molecular formula is C22H24N8O2. The third kappa shape index (κ3) is 4.07. The molecular weight excluding hydrogens is 408 g/mol. The first kappa shape index (κ1) is 21.2. The number of carbonyl (C=O) groups is 1. The van der Waals surface area contributed by atoms with Gasteiger partial charge >= 0.3 is 0 Å². The van der Waals surface area contributed by atoms with E-state index >= 15 is 0 Å². The lowest BCUT2D eigenvalue weighted by Gasteiger charge is -2.13. The van der Waals surface area contributed by atoms with E-state index in [1.165, 1.54) is 4.68 Å². The number of aromatic nitrogens is 7. The van der Waals surface area contributed by atoms with Gasteiger partial charge in [-0.1, -0.05) is 32.1 Å². The largest absolute Gasteiger partial charge is 0.497 e. The topological polar surface area (TPSA) is 113 Å². The van der Waals surface area contributed by atoms with Crippen LogP contribution in [0.25, 0.3) is 11.6 Å². The maximum atomic E-state index is 13.1. The molecule has 0 aliphatic rings. The molecule has 0 aliphatic heterocycles. The van der Waals surface area contributed by atoms with Crippen LogP contribution in [0.2, 0.25) is 0 Å². The Kier molecular flexibility index (Phi) is 5.43. The Bertz CT molecular complexity index is 1250. The van der Waals surface area contributed by atoms with E-state index in [9.17, 15) is 4.79 Å². The Morgan fingerprint density at radius 3 is 2.50 bits per heavy atom. The maximum Gasteiger partial charge on any atom is 0.279 e. The number of hydrogen-bond acceptors (Lipinski definition) is 7. The van der Waals surface area contributed by atoms with Crippen molar-refractivity contribution in [3.8, 4) is 17.4 Å². The lowest BCUT2D eigenvalue weighted by atomic mass is 9.92. The minimum atomic E-state index is -0.408. The zero-order valence-electron chi connectivity index (χ0n) is 18.6. The molecule has 164 valence electrons. The maximum absolute atomic E-state index is 13.1. The van der Waals surface area contributed by atoms with Crippen LogP contribution in [0.5, 0.6) is 5.75 Å². The van der Waals surface area contributed by atoms with Gasteiger partial charge in [-0.15, -0.1) is 5.10 Å². The predicted molar refractivity (Wildman–Crippen MR) is 118 cm³/mol. The number of hydrogen-bond donors (Lipinski definition) is 1. The van der Waals surface area contributed by atoms with Gasteiger partial charge in [0.15, 0.2) is 5.69 Å². The highest BCUT2D eigenvalue weighted by atomic mass is 16.5. The Labute approximate surface area is 185 Å². The van der Waals surface area contributed by atoms with Gasteiger partial charge in [-0.2, -0.15) is 9.78 Å². The predicted octanol–water partition coefficient (Wildman–Crippen LogP) is 3.11. The third-order valence-corrected chi connectivity index (χ3v) is 4.87. The summed E-state index contributed by atoms with van der Waals surface area (Å²) in [7, 11) is 1.59. The summed E-state index contributed by atoms with van der Waals surface area (Å²) in [5.41, 5.74) is 2.09. The molecule has 0 radical (unpaired) electrons. The van der Waals surface area contributed by atoms with Gasteiger partial charge in [-0.05, 0) is 25.1 Å². The molecule has 0 bridgehead atoms. The molecule has 0 unspecified atom stereocenters. The van der Waals surface area contributed by atoms with E-state index in [2.05, 4.69) is 30.7 Å². The van der Waals surface area contributed by atoms with Crippen molar-refractivity contribution >= 4 is 11.7 Å². The molecule has 0 atom stereocenters. The highest BCUT2D eigenvalue weighted by molar-refractivity contribution is 6.03. The second-order valence-electron chi connectivity index (χ2n) is 8.22. The zero-order valence-corrected chi connectivity index (χ0v) is 18.6. The number of anilines is 1. The monoisotopic (exact) mass is 432 g/mol. The summed E-state index contributed by atoms with van der Waals surface area (Å²) in [6, 6.07) is 10.9. The van der Waals surface area contributed by atoms with E-state index in [0.717, 1.165) is 11.4 Å². The summed E-state index contributed by atoms with van der Waals surface area (Å²) < 4.78 is 8.38. The Hall–Kier alpha value is -4.08. The van der Waals surface area contributed by atoms with Gasteiger partial charge < -0.3 is 10.1 Å². The normalized spacial score (nSPS) is 11.4. The average Bonchev–Trinajstić information content (AvgIpc) is 3.38. The molecule has 10 heteroatoms. The molecule has 1 aromatic carbocycles. The van der Waals surface area contributed by atoms with Crippen LogP contribution in [0.3, 0.4) is 0 Å². The summed E-state index contributed by atoms with van der Waals surface area (Å²) in [4.78, 5) is 21.6. The first-order valence-electron chi connectivity index (χ1n) is 10.0. The van der Waals surface area contributed by atoms with Crippen molar-refractivity contribution in [2.75, 3.05) is 12.4 Å². The number of nitrogens with one attached hydrogen (secondary N) is 1. The van der Waals surface area contributed by atoms with E-state index in [0.29, 0.717) is 23.2 Å². The van der Waals surface area contributed by atoms with Gasteiger partial charge in [0.05, 0.1) is 24.2 Å². The number of benzene rings is 1. The van der Waals surface area contributed by atoms with Gasteiger partial charge in [0, 0.05) is 29.9 Å². The van der Waals surface area contributed by atoms with Crippen LogP contribution in [-0.4, -0.2) is 47.8 Å². The van der Waals surface area contributed by atoms with Crippen LogP contribution >= 0.6 is 0 Å². The van der Waals surface area contributed by atoms with Crippen molar-refractivity contribution in [2.24, 2.45) is 0 Å². The van der Waals surface area contributed by atoms with E-state index in [-0.39, 0.29) is 11.1 Å². The van der Waals surface area contributed by atoms with Crippen LogP contribution in [0, 0.1) is 6.92 Å². The molecule has 1 N–H and O–H groups in total. The molecule has 0 spiro atoms. The van der Waals surface area contributed by atoms with Crippen LogP contribution < -0.4 is 10.1 Å². The number of ether oxygens (including phenoxy) is 1. The minimum Gasteiger partial charge on any atom is -0.497 e. The number of methoxy groups -OCH3 is 1. The number of rotatable bonds is 5. The zero-order chi connectivity index (χ0) is 22.9. The van der Waals surface area contributed by atoms with Crippen molar-refractivity contribution < 1.29 is 9.53 Å². The van der Waals surface area contributed by atoms with Crippen LogP contribution in [0.4, 0.5) is 5.82 Å². The highest BCUT2D eigenvalue weighted by Crippen LogP contribution is 2.26. The Balaban J connectivity index is 1.68. The summed E-state index contributed by atoms with van der Waals surface area (Å²) in [6.07, 6.45) is 3.24. The van der Waals surface area contributed by atoms with Gasteiger partial charge in [-0.3, -0.25) is 4.79 Å². The van der Waals surface area contributed by atoms with E-state index in [4.69, 9.17) is 4.74 Å². The van der Waals surface area contributed by atoms with E-state index < -0.39 is 5.91 Å². The summed E-state index contributed by atoms with van der Waals surface area (Å²) in [5.74, 6) is 1.08. The Morgan fingerprint density at radius 1 is 1.06 bits per heavy atom.